The van der Waals surface area contributed by atoms with Crippen molar-refractivity contribution in [3.05, 3.63) is 46.9 Å². The van der Waals surface area contributed by atoms with E-state index < -0.39 is 12.1 Å². The minimum Gasteiger partial charge on any atom is -0.352 e. The fraction of sp³-hybridized carbons (Fsp3) is 0.294. The highest BCUT2D eigenvalue weighted by Crippen LogP contribution is 2.27. The Hall–Kier alpha value is -2.04. The molecular formula is C17H17N3O4S2. The number of amides is 1. The second kappa shape index (κ2) is 6.93. The number of hydrogen-bond acceptors (Lipinski definition) is 7. The maximum absolute atomic E-state index is 12.7. The number of carbonyl (C=O) groups excluding carboxylic acids is 1. The molecule has 0 bridgehead atoms. The zero-order valence-corrected chi connectivity index (χ0v) is 15.8. The van der Waals surface area contributed by atoms with Crippen LogP contribution in [0.4, 0.5) is 0 Å². The van der Waals surface area contributed by atoms with Crippen LogP contribution < -0.4 is 5.32 Å². The largest absolute Gasteiger partial charge is 0.352 e. The molecule has 0 saturated heterocycles. The number of nitrogens with one attached hydrogen (secondary N) is 1. The van der Waals surface area contributed by atoms with E-state index >= 15 is 0 Å². The van der Waals surface area contributed by atoms with Crippen LogP contribution in [-0.4, -0.2) is 48.1 Å². The van der Waals surface area contributed by atoms with E-state index in [4.69, 9.17) is 14.2 Å². The molecule has 26 heavy (non-hydrogen) atoms. The number of methoxy groups -OCH3 is 2. The summed E-state index contributed by atoms with van der Waals surface area (Å²) in [6.07, 6.45) is 4.89. The van der Waals surface area contributed by atoms with Crippen molar-refractivity contribution >= 4 is 33.5 Å². The van der Waals surface area contributed by atoms with E-state index in [1.165, 1.54) is 18.4 Å². The van der Waals surface area contributed by atoms with Crippen molar-refractivity contribution in [2.75, 3.05) is 20.8 Å². The van der Waals surface area contributed by atoms with Gasteiger partial charge in [0, 0.05) is 25.8 Å². The molecule has 4 rings (SSSR count). The molecule has 9 heteroatoms. The Morgan fingerprint density at radius 1 is 1.46 bits per heavy atom. The van der Waals surface area contributed by atoms with Gasteiger partial charge >= 0.3 is 0 Å². The van der Waals surface area contributed by atoms with Gasteiger partial charge in [0.1, 0.15) is 11.4 Å². The number of imidazole rings is 1. The van der Waals surface area contributed by atoms with Crippen LogP contribution in [-0.2, 0) is 14.2 Å². The van der Waals surface area contributed by atoms with Gasteiger partial charge in [-0.2, -0.15) is 0 Å². The molecule has 0 saturated carbocycles. The average Bonchev–Trinajstić information content (AvgIpc) is 3.42. The summed E-state index contributed by atoms with van der Waals surface area (Å²) in [4.78, 5) is 19.1. The smallest absolute Gasteiger partial charge is 0.269 e. The second-order valence-electron chi connectivity index (χ2n) is 5.66. The minimum absolute atomic E-state index is 0.169. The number of thiophene rings is 1. The third-order valence-electron chi connectivity index (χ3n) is 4.11. The van der Waals surface area contributed by atoms with E-state index in [-0.39, 0.29) is 12.5 Å². The maximum atomic E-state index is 12.7. The van der Waals surface area contributed by atoms with E-state index in [1.54, 1.807) is 40.4 Å². The van der Waals surface area contributed by atoms with Crippen LogP contribution in [0.3, 0.4) is 0 Å². The lowest BCUT2D eigenvalue weighted by molar-refractivity contribution is -0.238. The molecule has 3 aromatic heterocycles. The first kappa shape index (κ1) is 17.4. The third kappa shape index (κ3) is 3.08. The van der Waals surface area contributed by atoms with Crippen LogP contribution in [0, 0.1) is 0 Å². The van der Waals surface area contributed by atoms with Gasteiger partial charge in [0.15, 0.2) is 11.3 Å². The number of carbonyl (C=O) groups is 1. The topological polar surface area (TPSA) is 74.1 Å². The number of nitrogens with zero attached hydrogens (tertiary/aromatic N) is 2. The van der Waals surface area contributed by atoms with Crippen molar-refractivity contribution in [1.82, 2.24) is 14.7 Å². The van der Waals surface area contributed by atoms with Gasteiger partial charge in [-0.05, 0) is 23.6 Å². The Kier molecular flexibility index (Phi) is 4.63. The van der Waals surface area contributed by atoms with Gasteiger partial charge in [-0.1, -0.05) is 6.07 Å². The summed E-state index contributed by atoms with van der Waals surface area (Å²) < 4.78 is 18.0. The predicted molar refractivity (Wildman–Crippen MR) is 99.5 cm³/mol. The molecule has 7 nitrogen and oxygen atoms in total. The summed E-state index contributed by atoms with van der Waals surface area (Å²) in [7, 11) is 3.08. The fourth-order valence-corrected chi connectivity index (χ4v) is 4.23. The van der Waals surface area contributed by atoms with Crippen LogP contribution in [0.15, 0.2) is 41.2 Å². The predicted octanol–water partition coefficient (Wildman–Crippen LogP) is 2.76. The van der Waals surface area contributed by atoms with Gasteiger partial charge in [-0.25, -0.2) is 4.98 Å². The lowest BCUT2D eigenvalue weighted by atomic mass is 10.2. The van der Waals surface area contributed by atoms with Crippen molar-refractivity contribution in [3.8, 4) is 10.6 Å². The summed E-state index contributed by atoms with van der Waals surface area (Å²) in [5.74, 6) is -1.25. The molecule has 4 heterocycles. The lowest BCUT2D eigenvalue weighted by Crippen LogP contribution is -2.44. The van der Waals surface area contributed by atoms with E-state index in [0.29, 0.717) is 5.69 Å². The molecule has 0 spiro atoms. The summed E-state index contributed by atoms with van der Waals surface area (Å²) >= 11 is 3.04. The molecule has 2 atom stereocenters. The molecule has 1 aliphatic heterocycles. The van der Waals surface area contributed by atoms with Crippen molar-refractivity contribution in [2.45, 2.75) is 12.1 Å². The molecule has 0 radical (unpaired) electrons. The SMILES string of the molecule is COC1C=CC(CNC(=O)c2csc3nc(-c4cccs4)cn23)(OC)O1. The summed E-state index contributed by atoms with van der Waals surface area (Å²) in [5.41, 5.74) is 1.39. The van der Waals surface area contributed by atoms with Crippen LogP contribution in [0.2, 0.25) is 0 Å². The first-order chi connectivity index (χ1) is 12.6. The Bertz CT molecular complexity index is 947. The number of thiazole rings is 1. The number of rotatable bonds is 6. The molecule has 2 unspecified atom stereocenters. The molecule has 1 aliphatic rings. The van der Waals surface area contributed by atoms with Crippen molar-refractivity contribution in [3.63, 3.8) is 0 Å². The fourth-order valence-electron chi connectivity index (χ4n) is 2.70. The van der Waals surface area contributed by atoms with Crippen LogP contribution in [0.5, 0.6) is 0 Å². The number of ether oxygens (including phenoxy) is 3. The van der Waals surface area contributed by atoms with Crippen molar-refractivity contribution < 1.29 is 19.0 Å². The van der Waals surface area contributed by atoms with Gasteiger partial charge in [0.2, 0.25) is 5.79 Å². The summed E-state index contributed by atoms with van der Waals surface area (Å²) in [5, 5.41) is 6.66. The van der Waals surface area contributed by atoms with E-state index in [0.717, 1.165) is 15.5 Å². The maximum Gasteiger partial charge on any atom is 0.269 e. The Balaban J connectivity index is 1.51. The number of aromatic nitrogens is 2. The van der Waals surface area contributed by atoms with Gasteiger partial charge in [0.25, 0.3) is 5.91 Å². The van der Waals surface area contributed by atoms with Crippen LogP contribution in [0.1, 0.15) is 10.5 Å². The lowest BCUT2D eigenvalue weighted by Gasteiger charge is -2.27. The standard InChI is InChI=1S/C17H17N3O4S2/c1-22-14-5-6-17(23-2,24-14)10-18-15(21)12-9-26-16-19-11(8-20(12)16)13-4-3-7-25-13/h3-9,14H,10H2,1-2H3,(H,18,21). The summed E-state index contributed by atoms with van der Waals surface area (Å²) in [6, 6.07) is 3.99. The minimum atomic E-state index is -1.03. The second-order valence-corrected chi connectivity index (χ2v) is 7.44. The molecular weight excluding hydrogens is 374 g/mol. The van der Waals surface area contributed by atoms with Gasteiger partial charge in [-0.3, -0.25) is 9.20 Å². The van der Waals surface area contributed by atoms with Gasteiger partial charge in [0.05, 0.1) is 11.4 Å². The Labute approximate surface area is 157 Å². The van der Waals surface area contributed by atoms with Gasteiger partial charge in [-0.15, -0.1) is 22.7 Å². The highest BCUT2D eigenvalue weighted by atomic mass is 32.1. The zero-order valence-electron chi connectivity index (χ0n) is 14.2. The molecule has 0 aromatic carbocycles. The number of fused-ring (bicyclic) bond motifs is 1. The average molecular weight is 391 g/mol. The first-order valence-electron chi connectivity index (χ1n) is 7.88. The van der Waals surface area contributed by atoms with Crippen LogP contribution in [0.25, 0.3) is 15.5 Å². The monoisotopic (exact) mass is 391 g/mol. The zero-order chi connectivity index (χ0) is 18.1. The molecule has 136 valence electrons. The van der Waals surface area contributed by atoms with E-state index in [9.17, 15) is 4.79 Å². The van der Waals surface area contributed by atoms with Crippen LogP contribution >= 0.6 is 22.7 Å². The normalized spacial score (nSPS) is 22.3. The first-order valence-corrected chi connectivity index (χ1v) is 9.64. The van der Waals surface area contributed by atoms with Crippen molar-refractivity contribution in [2.24, 2.45) is 0 Å². The van der Waals surface area contributed by atoms with E-state index in [1.807, 2.05) is 23.7 Å². The molecule has 0 aliphatic carbocycles. The van der Waals surface area contributed by atoms with Gasteiger partial charge < -0.3 is 19.5 Å². The molecule has 0 fully saturated rings. The quantitative estimate of drug-likeness (QED) is 0.654. The molecule has 1 amide bonds. The Morgan fingerprint density at radius 2 is 2.35 bits per heavy atom. The Morgan fingerprint density at radius 3 is 3.04 bits per heavy atom. The van der Waals surface area contributed by atoms with Crippen molar-refractivity contribution in [1.29, 1.82) is 0 Å². The summed E-state index contributed by atoms with van der Waals surface area (Å²) in [6.45, 7) is 0.169. The molecule has 3 aromatic rings. The van der Waals surface area contributed by atoms with E-state index in [2.05, 4.69) is 10.3 Å². The molecule has 1 N–H and O–H groups in total. The number of hydrogen-bond donors (Lipinski definition) is 1. The highest BCUT2D eigenvalue weighted by Gasteiger charge is 2.36. The highest BCUT2D eigenvalue weighted by molar-refractivity contribution is 7.15. The third-order valence-corrected chi connectivity index (χ3v) is 5.84.